The molecule has 0 bridgehead atoms. The molecule has 1 aliphatic rings. The lowest BCUT2D eigenvalue weighted by molar-refractivity contribution is 0.628. The van der Waals surface area contributed by atoms with Gasteiger partial charge in [0.1, 0.15) is 0 Å². The summed E-state index contributed by atoms with van der Waals surface area (Å²) in [6.45, 7) is 3.94. The van der Waals surface area contributed by atoms with Crippen molar-refractivity contribution < 1.29 is 0 Å². The van der Waals surface area contributed by atoms with E-state index in [0.29, 0.717) is 0 Å². The highest BCUT2D eigenvalue weighted by atomic mass is 14.9. The molecule has 13 heavy (non-hydrogen) atoms. The van der Waals surface area contributed by atoms with Gasteiger partial charge >= 0.3 is 0 Å². The highest BCUT2D eigenvalue weighted by Gasteiger charge is 2.20. The smallest absolute Gasteiger partial charge is 0.0724 e. The summed E-state index contributed by atoms with van der Waals surface area (Å²) in [7, 11) is 0. The Labute approximate surface area is 78.6 Å². The summed E-state index contributed by atoms with van der Waals surface area (Å²) >= 11 is 0. The molecule has 1 heterocycles. The molecular weight excluding hydrogens is 162 g/mol. The van der Waals surface area contributed by atoms with Crippen molar-refractivity contribution in [1.82, 2.24) is 15.3 Å². The second-order valence-electron chi connectivity index (χ2n) is 3.72. The third kappa shape index (κ3) is 2.77. The lowest BCUT2D eigenvalue weighted by Gasteiger charge is -2.02. The van der Waals surface area contributed by atoms with Crippen LogP contribution in [-0.4, -0.2) is 16.5 Å². The van der Waals surface area contributed by atoms with Crippen molar-refractivity contribution in [2.24, 2.45) is 5.92 Å². The van der Waals surface area contributed by atoms with E-state index < -0.39 is 0 Å². The van der Waals surface area contributed by atoms with Crippen LogP contribution in [0.3, 0.4) is 0 Å². The molecule has 1 saturated carbocycles. The maximum absolute atomic E-state index is 4.27. The molecule has 0 aromatic carbocycles. The lowest BCUT2D eigenvalue weighted by Crippen LogP contribution is -2.17. The summed E-state index contributed by atoms with van der Waals surface area (Å²) in [6.07, 6.45) is 6.45. The minimum absolute atomic E-state index is 0.851. The van der Waals surface area contributed by atoms with E-state index >= 15 is 0 Å². The standard InChI is InChI=1S/C10H15N3/c1-8-4-13-10(7-12-8)6-11-5-9-2-3-9/h4,7,9,11H,2-3,5-6H2,1H3. The third-order valence-corrected chi connectivity index (χ3v) is 2.27. The van der Waals surface area contributed by atoms with Gasteiger partial charge < -0.3 is 5.32 Å². The van der Waals surface area contributed by atoms with Crippen LogP contribution >= 0.6 is 0 Å². The van der Waals surface area contributed by atoms with Crippen molar-refractivity contribution in [2.45, 2.75) is 26.3 Å². The zero-order valence-electron chi connectivity index (χ0n) is 7.95. The Hall–Kier alpha value is -0.960. The van der Waals surface area contributed by atoms with Crippen LogP contribution < -0.4 is 5.32 Å². The van der Waals surface area contributed by atoms with Crippen LogP contribution in [0.15, 0.2) is 12.4 Å². The SMILES string of the molecule is Cc1cnc(CNCC2CC2)cn1. The predicted molar refractivity (Wildman–Crippen MR) is 51.2 cm³/mol. The first-order valence-electron chi connectivity index (χ1n) is 4.83. The Morgan fingerprint density at radius 2 is 2.23 bits per heavy atom. The molecule has 1 N–H and O–H groups in total. The zero-order chi connectivity index (χ0) is 9.10. The molecule has 1 aromatic heterocycles. The van der Waals surface area contributed by atoms with Crippen molar-refractivity contribution in [3.8, 4) is 0 Å². The average molecular weight is 177 g/mol. The fraction of sp³-hybridized carbons (Fsp3) is 0.600. The van der Waals surface area contributed by atoms with E-state index in [-0.39, 0.29) is 0 Å². The van der Waals surface area contributed by atoms with Gasteiger partial charge in [-0.05, 0) is 32.2 Å². The molecule has 1 aromatic rings. The minimum atomic E-state index is 0.851. The molecule has 1 fully saturated rings. The van der Waals surface area contributed by atoms with Gasteiger partial charge in [-0.15, -0.1) is 0 Å². The van der Waals surface area contributed by atoms with Gasteiger partial charge in [0.15, 0.2) is 0 Å². The fourth-order valence-corrected chi connectivity index (χ4v) is 1.24. The van der Waals surface area contributed by atoms with Gasteiger partial charge in [0, 0.05) is 18.9 Å². The first-order chi connectivity index (χ1) is 6.34. The average Bonchev–Trinajstić information content (AvgIpc) is 2.92. The molecule has 0 atom stereocenters. The second-order valence-corrected chi connectivity index (χ2v) is 3.72. The first kappa shape index (κ1) is 8.63. The van der Waals surface area contributed by atoms with Crippen LogP contribution in [0.25, 0.3) is 0 Å². The Kier molecular flexibility index (Phi) is 2.54. The Morgan fingerprint density at radius 3 is 2.85 bits per heavy atom. The van der Waals surface area contributed by atoms with Crippen LogP contribution in [0.5, 0.6) is 0 Å². The second kappa shape index (κ2) is 3.83. The fourth-order valence-electron chi connectivity index (χ4n) is 1.24. The van der Waals surface area contributed by atoms with Gasteiger partial charge in [-0.2, -0.15) is 0 Å². The summed E-state index contributed by atoms with van der Waals surface area (Å²) < 4.78 is 0. The van der Waals surface area contributed by atoms with Crippen LogP contribution in [0.1, 0.15) is 24.2 Å². The van der Waals surface area contributed by atoms with E-state index in [0.717, 1.165) is 30.4 Å². The van der Waals surface area contributed by atoms with Gasteiger partial charge in [0.05, 0.1) is 11.4 Å². The Balaban J connectivity index is 1.76. The normalized spacial score (nSPS) is 16.1. The Morgan fingerprint density at radius 1 is 1.38 bits per heavy atom. The molecule has 3 heteroatoms. The highest BCUT2D eigenvalue weighted by Crippen LogP contribution is 2.27. The lowest BCUT2D eigenvalue weighted by atomic mass is 10.4. The molecule has 2 rings (SSSR count). The van der Waals surface area contributed by atoms with Gasteiger partial charge in [-0.1, -0.05) is 0 Å². The van der Waals surface area contributed by atoms with Gasteiger partial charge in [0.25, 0.3) is 0 Å². The Bertz CT molecular complexity index is 264. The van der Waals surface area contributed by atoms with Crippen molar-refractivity contribution >= 4 is 0 Å². The molecule has 70 valence electrons. The summed E-state index contributed by atoms with van der Waals surface area (Å²) in [6, 6.07) is 0. The van der Waals surface area contributed by atoms with E-state index in [1.165, 1.54) is 12.8 Å². The molecule has 0 radical (unpaired) electrons. The number of aromatic nitrogens is 2. The van der Waals surface area contributed by atoms with E-state index in [1.54, 1.807) is 0 Å². The maximum Gasteiger partial charge on any atom is 0.0724 e. The number of hydrogen-bond donors (Lipinski definition) is 1. The molecule has 0 amide bonds. The predicted octanol–water partition coefficient (Wildman–Crippen LogP) is 1.28. The van der Waals surface area contributed by atoms with Crippen molar-refractivity contribution in [1.29, 1.82) is 0 Å². The van der Waals surface area contributed by atoms with Crippen LogP contribution in [0.2, 0.25) is 0 Å². The molecule has 0 spiro atoms. The van der Waals surface area contributed by atoms with Crippen molar-refractivity contribution in [3.05, 3.63) is 23.8 Å². The number of aryl methyl sites for hydroxylation is 1. The number of hydrogen-bond acceptors (Lipinski definition) is 3. The summed E-state index contributed by atoms with van der Waals surface area (Å²) in [5, 5.41) is 3.38. The van der Waals surface area contributed by atoms with E-state index in [2.05, 4.69) is 15.3 Å². The van der Waals surface area contributed by atoms with E-state index in [9.17, 15) is 0 Å². The summed E-state index contributed by atoms with van der Waals surface area (Å²) in [4.78, 5) is 8.46. The van der Waals surface area contributed by atoms with Crippen LogP contribution in [0, 0.1) is 12.8 Å². The van der Waals surface area contributed by atoms with Crippen molar-refractivity contribution in [3.63, 3.8) is 0 Å². The quantitative estimate of drug-likeness (QED) is 0.753. The zero-order valence-corrected chi connectivity index (χ0v) is 7.95. The summed E-state index contributed by atoms with van der Waals surface area (Å²) in [5.74, 6) is 0.929. The first-order valence-corrected chi connectivity index (χ1v) is 4.83. The summed E-state index contributed by atoms with van der Waals surface area (Å²) in [5.41, 5.74) is 2.01. The number of nitrogens with one attached hydrogen (secondary N) is 1. The molecule has 0 saturated heterocycles. The minimum Gasteiger partial charge on any atom is -0.311 e. The monoisotopic (exact) mass is 177 g/mol. The van der Waals surface area contributed by atoms with Gasteiger partial charge in [-0.25, -0.2) is 0 Å². The molecule has 3 nitrogen and oxygen atoms in total. The number of rotatable bonds is 4. The van der Waals surface area contributed by atoms with E-state index in [1.807, 2.05) is 19.3 Å². The van der Waals surface area contributed by atoms with E-state index in [4.69, 9.17) is 0 Å². The third-order valence-electron chi connectivity index (χ3n) is 2.27. The molecular formula is C10H15N3. The highest BCUT2D eigenvalue weighted by molar-refractivity contribution is 5.00. The largest absolute Gasteiger partial charge is 0.311 e. The van der Waals surface area contributed by atoms with Crippen LogP contribution in [-0.2, 0) is 6.54 Å². The maximum atomic E-state index is 4.27. The van der Waals surface area contributed by atoms with Gasteiger partial charge in [0.2, 0.25) is 0 Å². The molecule has 1 aliphatic carbocycles. The van der Waals surface area contributed by atoms with Crippen molar-refractivity contribution in [2.75, 3.05) is 6.54 Å². The van der Waals surface area contributed by atoms with Gasteiger partial charge in [-0.3, -0.25) is 9.97 Å². The molecule has 0 unspecified atom stereocenters. The number of nitrogens with zero attached hydrogens (tertiary/aromatic N) is 2. The molecule has 0 aliphatic heterocycles. The topological polar surface area (TPSA) is 37.8 Å². The van der Waals surface area contributed by atoms with Crippen LogP contribution in [0.4, 0.5) is 0 Å².